The van der Waals surface area contributed by atoms with Gasteiger partial charge in [0.25, 0.3) is 0 Å². The van der Waals surface area contributed by atoms with Gasteiger partial charge in [-0.1, -0.05) is 15.9 Å². The molecule has 1 fully saturated rings. The van der Waals surface area contributed by atoms with E-state index >= 15 is 0 Å². The zero-order valence-corrected chi connectivity index (χ0v) is 11.3. The molecule has 1 saturated heterocycles. The number of nitrogens with one attached hydrogen (secondary N) is 1. The molecule has 1 nitrogen and oxygen atoms in total. The van der Waals surface area contributed by atoms with Crippen LogP contribution in [0.3, 0.4) is 0 Å². The fourth-order valence-corrected chi connectivity index (χ4v) is 3.14. The molecule has 0 aromatic heterocycles. The summed E-state index contributed by atoms with van der Waals surface area (Å²) in [7, 11) is 0. The molecule has 3 heteroatoms. The predicted molar refractivity (Wildman–Crippen MR) is 72.8 cm³/mol. The first kappa shape index (κ1) is 11.3. The first-order chi connectivity index (χ1) is 7.25. The van der Waals surface area contributed by atoms with Crippen LogP contribution in [0.4, 0.5) is 5.69 Å². The molecule has 82 valence electrons. The van der Waals surface area contributed by atoms with Crippen molar-refractivity contribution in [1.29, 1.82) is 0 Å². The van der Waals surface area contributed by atoms with Gasteiger partial charge in [0.2, 0.25) is 0 Å². The molecule has 1 N–H and O–H groups in total. The van der Waals surface area contributed by atoms with E-state index in [0.29, 0.717) is 6.04 Å². The fourth-order valence-electron chi connectivity index (χ4n) is 1.82. The number of thioether (sulfide) groups is 1. The van der Waals surface area contributed by atoms with Crippen LogP contribution in [-0.2, 0) is 0 Å². The summed E-state index contributed by atoms with van der Waals surface area (Å²) in [4.78, 5) is 0. The summed E-state index contributed by atoms with van der Waals surface area (Å²) in [5, 5.41) is 3.61. The molecule has 2 rings (SSSR count). The van der Waals surface area contributed by atoms with Gasteiger partial charge in [-0.2, -0.15) is 11.8 Å². The lowest BCUT2D eigenvalue weighted by Crippen LogP contribution is -2.25. The maximum atomic E-state index is 3.61. The molecular formula is C12H16BrNS. The van der Waals surface area contributed by atoms with Crippen LogP contribution >= 0.6 is 27.7 Å². The molecule has 0 saturated carbocycles. The molecule has 15 heavy (non-hydrogen) atoms. The van der Waals surface area contributed by atoms with Gasteiger partial charge in [-0.05, 0) is 49.3 Å². The predicted octanol–water partition coefficient (Wildman–Crippen LogP) is 4.07. The highest BCUT2D eigenvalue weighted by molar-refractivity contribution is 9.10. The van der Waals surface area contributed by atoms with Gasteiger partial charge in [0.1, 0.15) is 0 Å². The van der Waals surface area contributed by atoms with Crippen molar-refractivity contribution in [3.63, 3.8) is 0 Å². The molecule has 0 radical (unpaired) electrons. The van der Waals surface area contributed by atoms with Gasteiger partial charge < -0.3 is 5.32 Å². The molecule has 1 atom stereocenters. The highest BCUT2D eigenvalue weighted by atomic mass is 79.9. The van der Waals surface area contributed by atoms with Crippen molar-refractivity contribution < 1.29 is 0 Å². The van der Waals surface area contributed by atoms with Crippen molar-refractivity contribution in [1.82, 2.24) is 0 Å². The lowest BCUT2D eigenvalue weighted by molar-refractivity contribution is 0.685. The Kier molecular flexibility index (Phi) is 3.98. The molecule has 1 aromatic carbocycles. The molecule has 0 amide bonds. The van der Waals surface area contributed by atoms with E-state index < -0.39 is 0 Å². The summed E-state index contributed by atoms with van der Waals surface area (Å²) in [6.07, 6.45) is 2.65. The van der Waals surface area contributed by atoms with Crippen LogP contribution in [0.15, 0.2) is 22.7 Å². The molecule has 1 aliphatic heterocycles. The molecule has 0 bridgehead atoms. The van der Waals surface area contributed by atoms with Gasteiger partial charge in [-0.15, -0.1) is 0 Å². The number of halogens is 1. The summed E-state index contributed by atoms with van der Waals surface area (Å²) >= 11 is 5.58. The molecule has 0 aliphatic carbocycles. The summed E-state index contributed by atoms with van der Waals surface area (Å²) < 4.78 is 1.19. The summed E-state index contributed by atoms with van der Waals surface area (Å²) in [5.41, 5.74) is 2.55. The Morgan fingerprint density at radius 2 is 2.33 bits per heavy atom. The Morgan fingerprint density at radius 3 is 3.00 bits per heavy atom. The van der Waals surface area contributed by atoms with Gasteiger partial charge in [0.15, 0.2) is 0 Å². The monoisotopic (exact) mass is 285 g/mol. The average molecular weight is 286 g/mol. The quantitative estimate of drug-likeness (QED) is 0.879. The minimum absolute atomic E-state index is 0.657. The van der Waals surface area contributed by atoms with Crippen molar-refractivity contribution in [2.75, 3.05) is 16.8 Å². The first-order valence-corrected chi connectivity index (χ1v) is 7.31. The van der Waals surface area contributed by atoms with E-state index in [-0.39, 0.29) is 0 Å². The van der Waals surface area contributed by atoms with Crippen LogP contribution < -0.4 is 5.32 Å². The van der Waals surface area contributed by atoms with E-state index in [4.69, 9.17) is 0 Å². The third-order valence-corrected chi connectivity index (χ3v) is 4.79. The Morgan fingerprint density at radius 1 is 1.47 bits per heavy atom. The van der Waals surface area contributed by atoms with Crippen LogP contribution in [0.25, 0.3) is 0 Å². The summed E-state index contributed by atoms with van der Waals surface area (Å²) in [5.74, 6) is 2.58. The Labute approximate surface area is 104 Å². The molecule has 0 spiro atoms. The molecule has 1 heterocycles. The van der Waals surface area contributed by atoms with E-state index in [2.05, 4.69) is 58.1 Å². The highest BCUT2D eigenvalue weighted by Gasteiger charge is 2.13. The molecule has 0 unspecified atom stereocenters. The molecular weight excluding hydrogens is 270 g/mol. The number of anilines is 1. The van der Waals surface area contributed by atoms with Gasteiger partial charge in [0, 0.05) is 22.0 Å². The van der Waals surface area contributed by atoms with Crippen molar-refractivity contribution in [2.24, 2.45) is 0 Å². The minimum atomic E-state index is 0.657. The summed E-state index contributed by atoms with van der Waals surface area (Å²) in [6, 6.07) is 7.14. The van der Waals surface area contributed by atoms with Crippen molar-refractivity contribution in [3.05, 3.63) is 28.2 Å². The van der Waals surface area contributed by atoms with Crippen molar-refractivity contribution in [3.8, 4) is 0 Å². The van der Waals surface area contributed by atoms with Gasteiger partial charge >= 0.3 is 0 Å². The van der Waals surface area contributed by atoms with Crippen LogP contribution in [0.1, 0.15) is 18.4 Å². The molecule has 1 aromatic rings. The standard InChI is InChI=1S/C12H16BrNS/c1-9-7-10(4-5-12(9)13)14-11-3-2-6-15-8-11/h4-5,7,11,14H,2-3,6,8H2,1H3/t11-/m0/s1. The van der Waals surface area contributed by atoms with Crippen LogP contribution in [-0.4, -0.2) is 17.5 Å². The lowest BCUT2D eigenvalue weighted by atomic mass is 10.1. The largest absolute Gasteiger partial charge is 0.381 e. The van der Waals surface area contributed by atoms with E-state index in [0.717, 1.165) is 0 Å². The normalized spacial score (nSPS) is 21.3. The second-order valence-electron chi connectivity index (χ2n) is 4.02. The number of hydrogen-bond donors (Lipinski definition) is 1. The van der Waals surface area contributed by atoms with Crippen LogP contribution in [0.2, 0.25) is 0 Å². The number of hydrogen-bond acceptors (Lipinski definition) is 2. The van der Waals surface area contributed by atoms with E-state index in [1.54, 1.807) is 0 Å². The average Bonchev–Trinajstić information content (AvgIpc) is 2.25. The second-order valence-corrected chi connectivity index (χ2v) is 6.03. The Hall–Kier alpha value is -0.150. The first-order valence-electron chi connectivity index (χ1n) is 5.36. The van der Waals surface area contributed by atoms with Crippen LogP contribution in [0.5, 0.6) is 0 Å². The van der Waals surface area contributed by atoms with Crippen molar-refractivity contribution >= 4 is 33.4 Å². The Bertz CT molecular complexity index is 334. The second kappa shape index (κ2) is 5.26. The SMILES string of the molecule is Cc1cc(N[C@H]2CCCSC2)ccc1Br. The third-order valence-electron chi connectivity index (χ3n) is 2.69. The van der Waals surface area contributed by atoms with Gasteiger partial charge in [0.05, 0.1) is 0 Å². The lowest BCUT2D eigenvalue weighted by Gasteiger charge is -2.23. The van der Waals surface area contributed by atoms with Gasteiger partial charge in [-0.3, -0.25) is 0 Å². The highest BCUT2D eigenvalue weighted by Crippen LogP contribution is 2.24. The number of rotatable bonds is 2. The zero-order valence-electron chi connectivity index (χ0n) is 8.92. The molecule has 1 aliphatic rings. The number of benzene rings is 1. The van der Waals surface area contributed by atoms with E-state index in [1.807, 2.05) is 0 Å². The van der Waals surface area contributed by atoms with Crippen LogP contribution in [0, 0.1) is 6.92 Å². The van der Waals surface area contributed by atoms with Gasteiger partial charge in [-0.25, -0.2) is 0 Å². The maximum absolute atomic E-state index is 3.61. The summed E-state index contributed by atoms with van der Waals surface area (Å²) in [6.45, 7) is 2.13. The minimum Gasteiger partial charge on any atom is -0.381 e. The Balaban J connectivity index is 2.00. The smallest absolute Gasteiger partial charge is 0.0352 e. The third kappa shape index (κ3) is 3.15. The zero-order chi connectivity index (χ0) is 10.7. The fraction of sp³-hybridized carbons (Fsp3) is 0.500. The maximum Gasteiger partial charge on any atom is 0.0352 e. The van der Waals surface area contributed by atoms with E-state index in [1.165, 1.54) is 40.1 Å². The van der Waals surface area contributed by atoms with Crippen molar-refractivity contribution in [2.45, 2.75) is 25.8 Å². The number of aryl methyl sites for hydroxylation is 1. The van der Waals surface area contributed by atoms with E-state index in [9.17, 15) is 0 Å². The topological polar surface area (TPSA) is 12.0 Å².